The van der Waals surface area contributed by atoms with Crippen LogP contribution in [-0.4, -0.2) is 38.2 Å². The van der Waals surface area contributed by atoms with Gasteiger partial charge in [-0.2, -0.15) is 0 Å². The zero-order valence-corrected chi connectivity index (χ0v) is 19.7. The number of ether oxygens (including phenoxy) is 1. The molecule has 0 aromatic carbocycles. The van der Waals surface area contributed by atoms with Crippen LogP contribution in [0.3, 0.4) is 0 Å². The quantitative estimate of drug-likeness (QED) is 0.463. The summed E-state index contributed by atoms with van der Waals surface area (Å²) in [5.41, 5.74) is 2.08. The Kier molecular flexibility index (Phi) is 6.79. The molecule has 1 atom stereocenters. The van der Waals surface area contributed by atoms with E-state index >= 15 is 0 Å². The minimum absolute atomic E-state index is 0.0234. The minimum atomic E-state index is -1.12. The normalized spacial score (nSPS) is 19.8. The molecule has 1 aliphatic rings. The van der Waals surface area contributed by atoms with E-state index in [1.165, 1.54) is 0 Å². The molecular formula is C26H30N4O4. The molecule has 3 aromatic heterocycles. The first-order chi connectivity index (χ1) is 16.3. The van der Waals surface area contributed by atoms with Crippen molar-refractivity contribution in [3.63, 3.8) is 0 Å². The fourth-order valence-corrected chi connectivity index (χ4v) is 4.57. The minimum Gasteiger partial charge on any atom is -0.497 e. The Morgan fingerprint density at radius 1 is 1.09 bits per heavy atom. The van der Waals surface area contributed by atoms with Crippen LogP contribution in [0.5, 0.6) is 5.75 Å². The second-order valence-electron chi connectivity index (χ2n) is 9.09. The monoisotopic (exact) mass is 462 g/mol. The highest BCUT2D eigenvalue weighted by Crippen LogP contribution is 2.40. The molecule has 0 radical (unpaired) electrons. The summed E-state index contributed by atoms with van der Waals surface area (Å²) in [6.45, 7) is 3.77. The summed E-state index contributed by atoms with van der Waals surface area (Å²) in [5.74, 6) is 0.901. The number of carboxylic acid groups (broad SMARTS) is 1. The van der Waals surface area contributed by atoms with Gasteiger partial charge < -0.3 is 20.3 Å². The number of hydrogen-bond donors (Lipinski definition) is 3. The molecule has 3 heterocycles. The van der Waals surface area contributed by atoms with Gasteiger partial charge in [-0.15, -0.1) is 0 Å². The largest absolute Gasteiger partial charge is 0.497 e. The maximum Gasteiger partial charge on any atom is 0.306 e. The number of rotatable bonds is 7. The fourth-order valence-electron chi connectivity index (χ4n) is 4.57. The highest BCUT2D eigenvalue weighted by molar-refractivity contribution is 5.70. The van der Waals surface area contributed by atoms with Crippen LogP contribution in [0.15, 0.2) is 48.8 Å². The lowest BCUT2D eigenvalue weighted by Crippen LogP contribution is -2.36. The third-order valence-electron chi connectivity index (χ3n) is 6.64. The third-order valence-corrected chi connectivity index (χ3v) is 6.64. The fraction of sp³-hybridized carbons (Fsp3) is 0.385. The van der Waals surface area contributed by atoms with Crippen LogP contribution in [0.2, 0.25) is 0 Å². The third kappa shape index (κ3) is 5.17. The number of anilines is 2. The number of nitrogens with zero attached hydrogens (tertiary/aromatic N) is 3. The average molecular weight is 463 g/mol. The SMILES string of the molecule is COc1ccnc(Nc2cc(C)cc(-c3ccc(C(C)(O)[C@H]4CC[C@H](C(=O)O)CC4)nc3)n2)c1. The molecule has 0 aliphatic heterocycles. The van der Waals surface area contributed by atoms with Gasteiger partial charge in [-0.05, 0) is 81.3 Å². The summed E-state index contributed by atoms with van der Waals surface area (Å²) in [5, 5.41) is 23.7. The van der Waals surface area contributed by atoms with Crippen LogP contribution >= 0.6 is 0 Å². The van der Waals surface area contributed by atoms with Crippen molar-refractivity contribution in [2.45, 2.75) is 45.1 Å². The number of methoxy groups -OCH3 is 1. The molecule has 178 valence electrons. The van der Waals surface area contributed by atoms with Crippen LogP contribution in [0.4, 0.5) is 11.6 Å². The van der Waals surface area contributed by atoms with Crippen LogP contribution in [-0.2, 0) is 10.4 Å². The highest BCUT2D eigenvalue weighted by atomic mass is 16.5. The molecule has 3 aromatic rings. The van der Waals surface area contributed by atoms with Gasteiger partial charge in [-0.1, -0.05) is 0 Å². The van der Waals surface area contributed by atoms with Gasteiger partial charge in [-0.25, -0.2) is 9.97 Å². The molecule has 4 rings (SSSR count). The van der Waals surface area contributed by atoms with E-state index in [2.05, 4.69) is 15.3 Å². The summed E-state index contributed by atoms with van der Waals surface area (Å²) in [4.78, 5) is 24.8. The first kappa shape index (κ1) is 23.6. The van der Waals surface area contributed by atoms with Crippen molar-refractivity contribution in [2.24, 2.45) is 11.8 Å². The molecule has 8 heteroatoms. The van der Waals surface area contributed by atoms with Gasteiger partial charge in [0.2, 0.25) is 0 Å². The van der Waals surface area contributed by atoms with Gasteiger partial charge in [0.15, 0.2) is 0 Å². The van der Waals surface area contributed by atoms with E-state index in [1.54, 1.807) is 38.6 Å². The standard InChI is InChI=1S/C26H30N4O4/c1-16-12-21(29-24(13-16)30-23-14-20(34-3)10-11-27-23)18-6-9-22(28-15-18)26(2,33)19-7-4-17(5-8-19)25(31)32/h6,9-15,17,19,33H,4-5,7-8H2,1-3H3,(H,31,32)(H,27,29,30)/t17-,19-,26?. The molecule has 1 unspecified atom stereocenters. The molecule has 1 saturated carbocycles. The number of aryl methyl sites for hydroxylation is 1. The number of aromatic nitrogens is 3. The number of nitrogens with one attached hydrogen (secondary N) is 1. The van der Waals surface area contributed by atoms with E-state index < -0.39 is 11.6 Å². The topological polar surface area (TPSA) is 117 Å². The number of aliphatic hydroxyl groups is 1. The maximum absolute atomic E-state index is 11.2. The first-order valence-electron chi connectivity index (χ1n) is 11.4. The smallest absolute Gasteiger partial charge is 0.306 e. The molecular weight excluding hydrogens is 432 g/mol. The number of hydrogen-bond acceptors (Lipinski definition) is 7. The molecule has 3 N–H and O–H groups in total. The predicted molar refractivity (Wildman–Crippen MR) is 129 cm³/mol. The van der Waals surface area contributed by atoms with E-state index in [-0.39, 0.29) is 11.8 Å². The van der Waals surface area contributed by atoms with Crippen LogP contribution in [0.1, 0.15) is 43.9 Å². The summed E-state index contributed by atoms with van der Waals surface area (Å²) in [6, 6.07) is 11.2. The Hall–Kier alpha value is -3.52. The number of carbonyl (C=O) groups is 1. The molecule has 0 spiro atoms. The second kappa shape index (κ2) is 9.77. The maximum atomic E-state index is 11.2. The molecule has 1 aliphatic carbocycles. The first-order valence-corrected chi connectivity index (χ1v) is 11.4. The van der Waals surface area contributed by atoms with E-state index in [0.29, 0.717) is 48.8 Å². The van der Waals surface area contributed by atoms with Gasteiger partial charge >= 0.3 is 5.97 Å². The average Bonchev–Trinajstić information content (AvgIpc) is 2.84. The van der Waals surface area contributed by atoms with E-state index in [9.17, 15) is 15.0 Å². The lowest BCUT2D eigenvalue weighted by Gasteiger charge is -2.36. The van der Waals surface area contributed by atoms with Crippen molar-refractivity contribution in [1.29, 1.82) is 0 Å². The Morgan fingerprint density at radius 2 is 1.85 bits per heavy atom. The Morgan fingerprint density at radius 3 is 2.50 bits per heavy atom. The molecule has 0 amide bonds. The van der Waals surface area contributed by atoms with Crippen molar-refractivity contribution >= 4 is 17.6 Å². The van der Waals surface area contributed by atoms with Gasteiger partial charge in [0.25, 0.3) is 0 Å². The summed E-state index contributed by atoms with van der Waals surface area (Å²) in [7, 11) is 1.61. The molecule has 0 saturated heterocycles. The second-order valence-corrected chi connectivity index (χ2v) is 9.09. The summed E-state index contributed by atoms with van der Waals surface area (Å²) >= 11 is 0. The van der Waals surface area contributed by atoms with Crippen molar-refractivity contribution in [3.05, 3.63) is 60.0 Å². The van der Waals surface area contributed by atoms with Gasteiger partial charge in [0, 0.05) is 24.0 Å². The Labute approximate surface area is 199 Å². The van der Waals surface area contributed by atoms with Crippen LogP contribution in [0, 0.1) is 18.8 Å². The van der Waals surface area contributed by atoms with Gasteiger partial charge in [-0.3, -0.25) is 9.78 Å². The van der Waals surface area contributed by atoms with Crippen molar-refractivity contribution in [1.82, 2.24) is 15.0 Å². The van der Waals surface area contributed by atoms with E-state index in [1.807, 2.05) is 31.2 Å². The van der Waals surface area contributed by atoms with Crippen LogP contribution < -0.4 is 10.1 Å². The predicted octanol–water partition coefficient (Wildman–Crippen LogP) is 4.70. The van der Waals surface area contributed by atoms with Gasteiger partial charge in [0.05, 0.1) is 24.4 Å². The highest BCUT2D eigenvalue weighted by Gasteiger charge is 2.38. The number of carboxylic acids is 1. The zero-order valence-electron chi connectivity index (χ0n) is 19.7. The lowest BCUT2D eigenvalue weighted by molar-refractivity contribution is -0.144. The van der Waals surface area contributed by atoms with Gasteiger partial charge in [0.1, 0.15) is 23.0 Å². The summed E-state index contributed by atoms with van der Waals surface area (Å²) in [6.07, 6.45) is 5.89. The van der Waals surface area contributed by atoms with Crippen LogP contribution in [0.25, 0.3) is 11.3 Å². The lowest BCUT2D eigenvalue weighted by atomic mass is 9.73. The Bertz CT molecular complexity index is 1160. The number of pyridine rings is 3. The summed E-state index contributed by atoms with van der Waals surface area (Å²) < 4.78 is 5.25. The molecule has 0 bridgehead atoms. The van der Waals surface area contributed by atoms with Crippen molar-refractivity contribution < 1.29 is 19.7 Å². The molecule has 34 heavy (non-hydrogen) atoms. The van der Waals surface area contributed by atoms with E-state index in [0.717, 1.165) is 16.8 Å². The van der Waals surface area contributed by atoms with Crippen molar-refractivity contribution in [2.75, 3.05) is 12.4 Å². The zero-order chi connectivity index (χ0) is 24.3. The molecule has 8 nitrogen and oxygen atoms in total. The number of aliphatic carboxylic acids is 1. The van der Waals surface area contributed by atoms with Crippen molar-refractivity contribution in [3.8, 4) is 17.0 Å². The van der Waals surface area contributed by atoms with E-state index in [4.69, 9.17) is 9.72 Å². The molecule has 1 fully saturated rings. The Balaban J connectivity index is 1.51.